The Morgan fingerprint density at radius 1 is 0.488 bits per heavy atom. The van der Waals surface area contributed by atoms with E-state index in [1.165, 1.54) is 0 Å². The van der Waals surface area contributed by atoms with Crippen molar-refractivity contribution >= 4 is 43.9 Å². The van der Waals surface area contributed by atoms with Crippen LogP contribution in [-0.2, 0) is 0 Å². The molecule has 0 amide bonds. The van der Waals surface area contributed by atoms with E-state index in [4.69, 9.17) is 28.8 Å². The zero-order chi connectivity index (χ0) is 48.1. The number of pyridine rings is 2. The van der Waals surface area contributed by atoms with E-state index in [1.54, 1.807) is 0 Å². The van der Waals surface area contributed by atoms with Crippen LogP contribution in [-0.4, -0.2) is 9.97 Å². The standard InChI is InChI=1S/C38H24N2S/c1-2-8-25(9-3-1)35-21-22-36(41-35)29-11-6-10-28(24-29)30-18-19-33(32-14-5-4-13-31(30)32)34-20-17-27-16-15-26-12-7-23-39-37(26)38(27)40-34/h1-24H/i1D,2D,3D,4D,5D,6D,7D,8D,9D,10D,11D,12D,13D,14D,15D,16D,17D,18D,19D,20D,21D,22D,23D,24D. The van der Waals surface area contributed by atoms with Crippen LogP contribution in [0.3, 0.4) is 0 Å². The minimum atomic E-state index is -0.972. The molecule has 0 radical (unpaired) electrons. The maximum Gasteiger partial charge on any atom is 0.0972 e. The molecule has 3 heteroatoms. The smallest absolute Gasteiger partial charge is 0.0972 e. The molecule has 0 spiro atoms. The first-order chi connectivity index (χ1) is 30.3. The summed E-state index contributed by atoms with van der Waals surface area (Å²) < 4.78 is 209. The number of nitrogens with zero attached hydrogens (tertiary/aromatic N) is 2. The molecular weight excluding hydrogens is 516 g/mol. The summed E-state index contributed by atoms with van der Waals surface area (Å²) in [6.45, 7) is 0. The summed E-state index contributed by atoms with van der Waals surface area (Å²) in [5.41, 5.74) is -4.70. The molecule has 3 aromatic heterocycles. The largest absolute Gasteiger partial charge is 0.254 e. The Labute approximate surface area is 276 Å². The second-order valence-corrected chi connectivity index (χ2v) is 9.41. The zero-order valence-corrected chi connectivity index (χ0v) is 21.1. The van der Waals surface area contributed by atoms with Gasteiger partial charge in [0, 0.05) is 32.3 Å². The maximum atomic E-state index is 9.45. The van der Waals surface area contributed by atoms with E-state index in [-0.39, 0.29) is 4.88 Å². The van der Waals surface area contributed by atoms with Crippen molar-refractivity contribution in [2.45, 2.75) is 0 Å². The summed E-state index contributed by atoms with van der Waals surface area (Å²) in [7, 11) is 0. The highest BCUT2D eigenvalue weighted by atomic mass is 32.1. The fourth-order valence-electron chi connectivity index (χ4n) is 4.18. The average molecular weight is 565 g/mol. The summed E-state index contributed by atoms with van der Waals surface area (Å²) in [4.78, 5) is 7.70. The molecule has 41 heavy (non-hydrogen) atoms. The van der Waals surface area contributed by atoms with Gasteiger partial charge in [0.2, 0.25) is 0 Å². The molecule has 0 atom stereocenters. The predicted octanol–water partition coefficient (Wildman–Crippen LogP) is 10.7. The monoisotopic (exact) mass is 564 g/mol. The lowest BCUT2D eigenvalue weighted by atomic mass is 9.92. The Kier molecular flexibility index (Phi) is 2.34. The zero-order valence-electron chi connectivity index (χ0n) is 44.3. The minimum Gasteiger partial charge on any atom is -0.254 e. The molecule has 0 fully saturated rings. The fraction of sp³-hybridized carbons (Fsp3) is 0. The van der Waals surface area contributed by atoms with Crippen molar-refractivity contribution in [2.75, 3.05) is 0 Å². The van der Waals surface area contributed by atoms with Gasteiger partial charge in [0.15, 0.2) is 0 Å². The summed E-state index contributed by atoms with van der Waals surface area (Å²) >= 11 is 0.476. The van der Waals surface area contributed by atoms with Crippen LogP contribution >= 0.6 is 11.3 Å². The van der Waals surface area contributed by atoms with Crippen molar-refractivity contribution in [3.8, 4) is 43.3 Å². The third-order valence-corrected chi connectivity index (χ3v) is 7.03. The van der Waals surface area contributed by atoms with Crippen LogP contribution in [0.15, 0.2) is 145 Å². The molecule has 0 saturated carbocycles. The Morgan fingerprint density at radius 3 is 2.00 bits per heavy atom. The molecule has 8 rings (SSSR count). The van der Waals surface area contributed by atoms with Crippen molar-refractivity contribution < 1.29 is 32.9 Å². The van der Waals surface area contributed by atoms with Gasteiger partial charge < -0.3 is 0 Å². The topological polar surface area (TPSA) is 25.8 Å². The maximum absolute atomic E-state index is 9.45. The van der Waals surface area contributed by atoms with E-state index in [1.807, 2.05) is 0 Å². The van der Waals surface area contributed by atoms with Gasteiger partial charge in [0.1, 0.15) is 0 Å². The molecule has 0 saturated heterocycles. The molecule has 0 unspecified atom stereocenters. The number of hydrogen-bond acceptors (Lipinski definition) is 3. The molecule has 5 aromatic carbocycles. The van der Waals surface area contributed by atoms with Gasteiger partial charge >= 0.3 is 0 Å². The van der Waals surface area contributed by atoms with Gasteiger partial charge in [0.25, 0.3) is 0 Å². The minimum absolute atomic E-state index is 0.331. The molecule has 8 aromatic rings. The summed E-state index contributed by atoms with van der Waals surface area (Å²) in [6.07, 6.45) is -0.738. The van der Waals surface area contributed by atoms with Crippen molar-refractivity contribution in [1.29, 1.82) is 0 Å². The van der Waals surface area contributed by atoms with E-state index in [9.17, 15) is 4.11 Å². The van der Waals surface area contributed by atoms with Gasteiger partial charge in [-0.15, -0.1) is 11.3 Å². The van der Waals surface area contributed by atoms with Crippen LogP contribution in [0.25, 0.3) is 75.8 Å². The van der Waals surface area contributed by atoms with E-state index in [2.05, 4.69) is 9.97 Å². The molecule has 0 N–H and O–H groups in total. The van der Waals surface area contributed by atoms with E-state index >= 15 is 0 Å². The molecule has 0 bridgehead atoms. The first kappa shape index (κ1) is 9.76. The van der Waals surface area contributed by atoms with Crippen LogP contribution in [0.1, 0.15) is 32.9 Å². The fourth-order valence-corrected chi connectivity index (χ4v) is 4.99. The molecular formula is C38H24N2S. The average Bonchev–Trinajstić information content (AvgIpc) is 3.55. The number of thiophene rings is 1. The van der Waals surface area contributed by atoms with Gasteiger partial charge in [-0.2, -0.15) is 0 Å². The first-order valence-electron chi connectivity index (χ1n) is 23.8. The van der Waals surface area contributed by atoms with Crippen LogP contribution in [0.4, 0.5) is 0 Å². The normalized spacial score (nSPS) is 19.6. The Bertz CT molecular complexity index is 3520. The molecule has 2 nitrogen and oxygen atoms in total. The second kappa shape index (κ2) is 9.81. The molecule has 3 heterocycles. The van der Waals surface area contributed by atoms with Crippen molar-refractivity contribution in [1.82, 2.24) is 9.97 Å². The Balaban J connectivity index is 1.52. The number of fused-ring (bicyclic) bond motifs is 4. The SMILES string of the molecule is [2H]c1nc2c(c([2H])c1[2H])c([2H])c([2H])c1c([2H])c([2H])c(-c3c([2H])c([2H])c(-c4c([2H])c([2H])c([2H])c(-c5sc(-c6c([2H])c([2H])c([2H])c([2H])c6[2H])c([2H])c5[2H])c4[2H])c4c([2H])c([2H])c([2H])c([2H])c34)nc12. The van der Waals surface area contributed by atoms with Gasteiger partial charge in [-0.1, -0.05) is 109 Å². The molecule has 0 aliphatic carbocycles. The highest BCUT2D eigenvalue weighted by molar-refractivity contribution is 7.18. The van der Waals surface area contributed by atoms with Crippen molar-refractivity contribution in [3.05, 3.63) is 145 Å². The van der Waals surface area contributed by atoms with Gasteiger partial charge in [0.05, 0.1) is 49.6 Å². The highest BCUT2D eigenvalue weighted by Crippen LogP contribution is 2.39. The van der Waals surface area contributed by atoms with E-state index in [0.717, 1.165) is 0 Å². The Hall–Kier alpha value is -5.12. The number of rotatable bonds is 4. The lowest BCUT2D eigenvalue weighted by Crippen LogP contribution is -1.91. The summed E-state index contributed by atoms with van der Waals surface area (Å²) in [6, 6.07) is -18.5. The summed E-state index contributed by atoms with van der Waals surface area (Å²) in [5, 5.41) is -2.12. The third kappa shape index (κ3) is 4.19. The highest BCUT2D eigenvalue weighted by Gasteiger charge is 2.13. The first-order valence-corrected chi connectivity index (χ1v) is 12.6. The van der Waals surface area contributed by atoms with Crippen molar-refractivity contribution in [2.24, 2.45) is 0 Å². The lowest BCUT2D eigenvalue weighted by Gasteiger charge is -2.13. The lowest BCUT2D eigenvalue weighted by molar-refractivity contribution is 1.37. The third-order valence-electron chi connectivity index (χ3n) is 6.01. The van der Waals surface area contributed by atoms with Gasteiger partial charge in [-0.05, 0) is 63.2 Å². The molecule has 0 aliphatic rings. The Morgan fingerprint density at radius 2 is 1.15 bits per heavy atom. The summed E-state index contributed by atoms with van der Waals surface area (Å²) in [5.74, 6) is 0. The number of benzene rings is 5. The van der Waals surface area contributed by atoms with Crippen molar-refractivity contribution in [3.63, 3.8) is 0 Å². The molecule has 0 aliphatic heterocycles. The van der Waals surface area contributed by atoms with Crippen LogP contribution in [0.2, 0.25) is 0 Å². The number of aromatic nitrogens is 2. The quantitative estimate of drug-likeness (QED) is 0.199. The van der Waals surface area contributed by atoms with Crippen LogP contribution < -0.4 is 0 Å². The van der Waals surface area contributed by atoms with Gasteiger partial charge in [-0.25, -0.2) is 4.98 Å². The van der Waals surface area contributed by atoms with E-state index in [0.29, 0.717) is 11.3 Å². The second-order valence-electron chi connectivity index (χ2n) is 8.39. The van der Waals surface area contributed by atoms with E-state index < -0.39 is 216 Å². The van der Waals surface area contributed by atoms with Gasteiger partial charge in [-0.3, -0.25) is 4.98 Å². The predicted molar refractivity (Wildman–Crippen MR) is 174 cm³/mol. The van der Waals surface area contributed by atoms with Crippen LogP contribution in [0.5, 0.6) is 0 Å². The number of hydrogen-bond donors (Lipinski definition) is 0. The van der Waals surface area contributed by atoms with Crippen LogP contribution in [0, 0.1) is 0 Å². The molecule has 192 valence electrons.